The SMILES string of the molecule is CC1CCc2ccccc2N1CC1NCCCC1(C)C. The van der Waals surface area contributed by atoms with Crippen LogP contribution in [-0.2, 0) is 6.42 Å². The number of hydrogen-bond acceptors (Lipinski definition) is 2. The molecule has 2 nitrogen and oxygen atoms in total. The Labute approximate surface area is 123 Å². The minimum Gasteiger partial charge on any atom is -0.367 e. The maximum absolute atomic E-state index is 3.77. The van der Waals surface area contributed by atoms with Gasteiger partial charge in [-0.1, -0.05) is 32.0 Å². The second-order valence-corrected chi connectivity index (χ2v) is 7.27. The van der Waals surface area contributed by atoms with Crippen molar-refractivity contribution in [2.75, 3.05) is 18.0 Å². The molecule has 1 N–H and O–H groups in total. The Hall–Kier alpha value is -1.02. The number of nitrogens with zero attached hydrogens (tertiary/aromatic N) is 1. The van der Waals surface area contributed by atoms with E-state index in [9.17, 15) is 0 Å². The zero-order valence-corrected chi connectivity index (χ0v) is 13.2. The summed E-state index contributed by atoms with van der Waals surface area (Å²) >= 11 is 0. The number of hydrogen-bond donors (Lipinski definition) is 1. The van der Waals surface area contributed by atoms with Crippen molar-refractivity contribution in [1.29, 1.82) is 0 Å². The van der Waals surface area contributed by atoms with E-state index >= 15 is 0 Å². The van der Waals surface area contributed by atoms with E-state index in [1.165, 1.54) is 43.5 Å². The van der Waals surface area contributed by atoms with Gasteiger partial charge in [0.15, 0.2) is 0 Å². The van der Waals surface area contributed by atoms with Crippen LogP contribution in [0.4, 0.5) is 5.69 Å². The number of para-hydroxylation sites is 1. The van der Waals surface area contributed by atoms with Crippen molar-refractivity contribution < 1.29 is 0 Å². The average molecular weight is 272 g/mol. The van der Waals surface area contributed by atoms with Crippen molar-refractivity contribution in [2.24, 2.45) is 5.41 Å². The van der Waals surface area contributed by atoms with Crippen LogP contribution in [0.15, 0.2) is 24.3 Å². The number of nitrogens with one attached hydrogen (secondary N) is 1. The number of fused-ring (bicyclic) bond motifs is 1. The predicted molar refractivity (Wildman–Crippen MR) is 86.4 cm³/mol. The minimum absolute atomic E-state index is 0.407. The average Bonchev–Trinajstić information content (AvgIpc) is 2.43. The molecule has 1 aromatic rings. The van der Waals surface area contributed by atoms with Crippen molar-refractivity contribution >= 4 is 5.69 Å². The van der Waals surface area contributed by atoms with Crippen molar-refractivity contribution in [2.45, 2.75) is 58.5 Å². The molecule has 0 amide bonds. The minimum atomic E-state index is 0.407. The molecule has 20 heavy (non-hydrogen) atoms. The first kappa shape index (κ1) is 13.9. The molecular formula is C18H28N2. The first-order valence-electron chi connectivity index (χ1n) is 8.16. The highest BCUT2D eigenvalue weighted by Crippen LogP contribution is 2.35. The van der Waals surface area contributed by atoms with E-state index in [4.69, 9.17) is 0 Å². The van der Waals surface area contributed by atoms with Crippen LogP contribution in [0.25, 0.3) is 0 Å². The molecular weight excluding hydrogens is 244 g/mol. The molecule has 2 unspecified atom stereocenters. The summed E-state index contributed by atoms with van der Waals surface area (Å²) in [6.45, 7) is 9.55. The fourth-order valence-electron chi connectivity index (χ4n) is 3.82. The molecule has 110 valence electrons. The van der Waals surface area contributed by atoms with Gasteiger partial charge in [0.25, 0.3) is 0 Å². The number of aryl methyl sites for hydroxylation is 1. The largest absolute Gasteiger partial charge is 0.367 e. The maximum atomic E-state index is 3.77. The standard InChI is InChI=1S/C18H28N2/c1-14-9-10-15-7-4-5-8-16(15)20(14)13-17-18(2,3)11-6-12-19-17/h4-5,7-8,14,17,19H,6,9-13H2,1-3H3. The van der Waals surface area contributed by atoms with E-state index in [1.807, 2.05) is 0 Å². The van der Waals surface area contributed by atoms with Crippen molar-refractivity contribution in [3.63, 3.8) is 0 Å². The highest BCUT2D eigenvalue weighted by Gasteiger charge is 2.35. The summed E-state index contributed by atoms with van der Waals surface area (Å²) in [5.74, 6) is 0. The number of rotatable bonds is 2. The van der Waals surface area contributed by atoms with Gasteiger partial charge in [-0.25, -0.2) is 0 Å². The second kappa shape index (κ2) is 5.40. The highest BCUT2D eigenvalue weighted by atomic mass is 15.2. The maximum Gasteiger partial charge on any atom is 0.0401 e. The lowest BCUT2D eigenvalue weighted by molar-refractivity contribution is 0.180. The first-order chi connectivity index (χ1) is 9.58. The molecule has 2 aliphatic rings. The zero-order valence-electron chi connectivity index (χ0n) is 13.2. The van der Waals surface area contributed by atoms with E-state index in [-0.39, 0.29) is 0 Å². The van der Waals surface area contributed by atoms with Gasteiger partial charge in [-0.05, 0) is 56.2 Å². The summed E-state index contributed by atoms with van der Waals surface area (Å²) < 4.78 is 0. The topological polar surface area (TPSA) is 15.3 Å². The molecule has 0 aromatic heterocycles. The van der Waals surface area contributed by atoms with Crippen LogP contribution in [-0.4, -0.2) is 25.2 Å². The summed E-state index contributed by atoms with van der Waals surface area (Å²) in [6.07, 6.45) is 5.17. The van der Waals surface area contributed by atoms with Gasteiger partial charge in [-0.3, -0.25) is 0 Å². The van der Waals surface area contributed by atoms with Crippen LogP contribution < -0.4 is 10.2 Å². The monoisotopic (exact) mass is 272 g/mol. The van der Waals surface area contributed by atoms with Gasteiger partial charge in [-0.15, -0.1) is 0 Å². The Bertz CT molecular complexity index is 466. The fourth-order valence-corrected chi connectivity index (χ4v) is 3.82. The lowest BCUT2D eigenvalue weighted by atomic mass is 9.77. The molecule has 1 fully saturated rings. The molecule has 2 atom stereocenters. The molecule has 2 aliphatic heterocycles. The molecule has 0 spiro atoms. The van der Waals surface area contributed by atoms with Crippen LogP contribution in [0.5, 0.6) is 0 Å². The van der Waals surface area contributed by atoms with Gasteiger partial charge in [0, 0.05) is 24.3 Å². The Morgan fingerprint density at radius 1 is 1.30 bits per heavy atom. The van der Waals surface area contributed by atoms with E-state index in [0.717, 1.165) is 6.54 Å². The highest BCUT2D eigenvalue weighted by molar-refractivity contribution is 5.56. The Morgan fingerprint density at radius 3 is 2.90 bits per heavy atom. The van der Waals surface area contributed by atoms with Gasteiger partial charge in [0.05, 0.1) is 0 Å². The quantitative estimate of drug-likeness (QED) is 0.885. The van der Waals surface area contributed by atoms with E-state index in [1.54, 1.807) is 0 Å². The van der Waals surface area contributed by atoms with E-state index in [2.05, 4.69) is 55.3 Å². The molecule has 0 bridgehead atoms. The molecule has 2 heteroatoms. The summed E-state index contributed by atoms with van der Waals surface area (Å²) in [5.41, 5.74) is 3.40. The van der Waals surface area contributed by atoms with Crippen LogP contribution in [0, 0.1) is 5.41 Å². The fraction of sp³-hybridized carbons (Fsp3) is 0.667. The second-order valence-electron chi connectivity index (χ2n) is 7.27. The van der Waals surface area contributed by atoms with Gasteiger partial charge >= 0.3 is 0 Å². The summed E-state index contributed by atoms with van der Waals surface area (Å²) in [6, 6.07) is 10.2. The molecule has 0 aliphatic carbocycles. The van der Waals surface area contributed by atoms with Crippen LogP contribution in [0.1, 0.15) is 45.6 Å². The molecule has 3 rings (SSSR count). The number of piperidine rings is 1. The van der Waals surface area contributed by atoms with Crippen molar-refractivity contribution in [3.8, 4) is 0 Å². The Kier molecular flexibility index (Phi) is 3.76. The Balaban J connectivity index is 1.82. The zero-order chi connectivity index (χ0) is 14.2. The third-order valence-electron chi connectivity index (χ3n) is 5.38. The van der Waals surface area contributed by atoms with Gasteiger partial charge in [0.1, 0.15) is 0 Å². The predicted octanol–water partition coefficient (Wildman–Crippen LogP) is 3.61. The molecule has 0 saturated carbocycles. The van der Waals surface area contributed by atoms with Crippen molar-refractivity contribution in [1.82, 2.24) is 5.32 Å². The van der Waals surface area contributed by atoms with Gasteiger partial charge in [0.2, 0.25) is 0 Å². The van der Waals surface area contributed by atoms with Crippen molar-refractivity contribution in [3.05, 3.63) is 29.8 Å². The first-order valence-corrected chi connectivity index (χ1v) is 8.16. The van der Waals surface area contributed by atoms with E-state index in [0.29, 0.717) is 17.5 Å². The lowest BCUT2D eigenvalue weighted by Crippen LogP contribution is -2.55. The Morgan fingerprint density at radius 2 is 2.10 bits per heavy atom. The number of benzene rings is 1. The van der Waals surface area contributed by atoms with Crippen LogP contribution in [0.3, 0.4) is 0 Å². The van der Waals surface area contributed by atoms with Crippen LogP contribution in [0.2, 0.25) is 0 Å². The summed E-state index contributed by atoms with van der Waals surface area (Å²) in [4.78, 5) is 2.64. The third-order valence-corrected chi connectivity index (χ3v) is 5.38. The van der Waals surface area contributed by atoms with Gasteiger partial charge in [-0.2, -0.15) is 0 Å². The molecule has 0 radical (unpaired) electrons. The third kappa shape index (κ3) is 2.58. The summed E-state index contributed by atoms with van der Waals surface area (Å²) in [5, 5.41) is 3.77. The normalized spacial score (nSPS) is 29.1. The van der Waals surface area contributed by atoms with Crippen LogP contribution >= 0.6 is 0 Å². The summed E-state index contributed by atoms with van der Waals surface area (Å²) in [7, 11) is 0. The smallest absolute Gasteiger partial charge is 0.0401 e. The number of anilines is 1. The molecule has 2 heterocycles. The molecule has 1 aromatic carbocycles. The van der Waals surface area contributed by atoms with Gasteiger partial charge < -0.3 is 10.2 Å². The molecule has 1 saturated heterocycles. The van der Waals surface area contributed by atoms with E-state index < -0.39 is 0 Å². The lowest BCUT2D eigenvalue weighted by Gasteiger charge is -2.46.